The molecule has 10 N–H and O–H groups in total. The summed E-state index contributed by atoms with van der Waals surface area (Å²) in [5.74, 6) is -3.30. The van der Waals surface area contributed by atoms with Crippen LogP contribution in [-0.4, -0.2) is 151 Å². The van der Waals surface area contributed by atoms with E-state index in [-0.39, 0.29) is 37.7 Å². The van der Waals surface area contributed by atoms with Crippen molar-refractivity contribution >= 4 is 49.7 Å². The molecule has 0 heterocycles. The molecule has 0 amide bonds. The molecule has 0 aromatic rings. The second kappa shape index (κ2) is 14.2. The zero-order valence-electron chi connectivity index (χ0n) is 11.9. The fourth-order valence-corrected chi connectivity index (χ4v) is 0.929. The maximum Gasteiger partial charge on any atom is 0.335 e. The first-order valence-corrected chi connectivity index (χ1v) is 5.76. The molecule has 0 spiro atoms. The van der Waals surface area contributed by atoms with E-state index in [2.05, 4.69) is 0 Å². The van der Waals surface area contributed by atoms with Crippen LogP contribution in [0.5, 0.6) is 0 Å². The first kappa shape index (κ1) is 27.7. The van der Waals surface area contributed by atoms with Crippen molar-refractivity contribution in [1.29, 1.82) is 0 Å². The minimum Gasteiger partial charge on any atom is -0.479 e. The molecule has 0 saturated heterocycles. The molecule has 0 fully saturated rings. The molecule has 2 radical (unpaired) electrons. The van der Waals surface area contributed by atoms with Crippen LogP contribution in [0.3, 0.4) is 0 Å². The molecule has 0 aliphatic heterocycles. The number of hydrogen-bond acceptors (Lipinski definition) is 10. The molecule has 0 saturated carbocycles. The Labute approximate surface area is 159 Å². The van der Waals surface area contributed by atoms with Crippen molar-refractivity contribution in [2.24, 2.45) is 0 Å². The van der Waals surface area contributed by atoms with Crippen LogP contribution in [0.25, 0.3) is 0 Å². The summed E-state index contributed by atoms with van der Waals surface area (Å²) in [5, 5.41) is 84.5. The summed E-state index contributed by atoms with van der Waals surface area (Å²) in [4.78, 5) is 19.9. The Bertz CT molecular complexity index is 308. The molecule has 12 nitrogen and oxygen atoms in total. The molecule has 0 rings (SSSR count). The molecule has 0 aromatic carbocycles. The van der Waals surface area contributed by atoms with Crippen LogP contribution in [0.4, 0.5) is 0 Å². The maximum atomic E-state index is 9.96. The van der Waals surface area contributed by atoms with E-state index in [4.69, 9.17) is 51.1 Å². The first-order chi connectivity index (χ1) is 10.0. The third-order valence-corrected chi connectivity index (χ3v) is 2.32. The van der Waals surface area contributed by atoms with Crippen LogP contribution in [0.15, 0.2) is 0 Å². The molecular weight excluding hydrogens is 352 g/mol. The molecule has 134 valence electrons. The minimum atomic E-state index is -2.07. The van der Waals surface area contributed by atoms with Crippen LogP contribution >= 0.6 is 0 Å². The number of aliphatic carboxylic acids is 2. The largest absolute Gasteiger partial charge is 0.479 e. The topological polar surface area (TPSA) is 236 Å². The number of aliphatic hydroxyl groups excluding tert-OH is 8. The number of carbonyl (C=O) groups is 2. The molecule has 0 aromatic heterocycles. The van der Waals surface area contributed by atoms with E-state index in [1.54, 1.807) is 0 Å². The van der Waals surface area contributed by atoms with Crippen LogP contribution < -0.4 is 0 Å². The van der Waals surface area contributed by atoms with E-state index in [0.29, 0.717) is 0 Å². The standard InChI is InChI=1S/2C5H10O6.Ca/c2*6-1-2(7)3(8)4(9)5(10)11;/h2*2-4,6-9H,1H2,(H,10,11);/t2*2-,3-,4+;/m00./s1. The molecule has 0 unspecified atom stereocenters. The van der Waals surface area contributed by atoms with Crippen molar-refractivity contribution in [2.75, 3.05) is 13.2 Å². The third-order valence-electron chi connectivity index (χ3n) is 2.32. The van der Waals surface area contributed by atoms with Crippen molar-refractivity contribution in [3.8, 4) is 0 Å². The van der Waals surface area contributed by atoms with Gasteiger partial charge in [-0.05, 0) is 0 Å². The fraction of sp³-hybridized carbons (Fsp3) is 0.800. The van der Waals surface area contributed by atoms with Gasteiger partial charge in [-0.3, -0.25) is 0 Å². The van der Waals surface area contributed by atoms with Crippen molar-refractivity contribution in [3.63, 3.8) is 0 Å². The summed E-state index contributed by atoms with van der Waals surface area (Å²) in [6.07, 6.45) is -11.1. The normalized spacial score (nSPS) is 18.1. The van der Waals surface area contributed by atoms with E-state index in [1.807, 2.05) is 0 Å². The number of rotatable bonds is 8. The van der Waals surface area contributed by atoms with Gasteiger partial charge >= 0.3 is 11.9 Å². The summed E-state index contributed by atoms with van der Waals surface area (Å²) in [6.45, 7) is -1.60. The monoisotopic (exact) mass is 372 g/mol. The number of aliphatic hydroxyl groups is 8. The van der Waals surface area contributed by atoms with E-state index in [0.717, 1.165) is 0 Å². The number of carboxylic acid groups (broad SMARTS) is 2. The van der Waals surface area contributed by atoms with Gasteiger partial charge in [0.1, 0.15) is 24.4 Å². The zero-order chi connectivity index (χ0) is 18.0. The maximum absolute atomic E-state index is 9.96. The second-order valence-corrected chi connectivity index (χ2v) is 4.05. The minimum absolute atomic E-state index is 0. The summed E-state index contributed by atoms with van der Waals surface area (Å²) in [5.41, 5.74) is 0. The van der Waals surface area contributed by atoms with Crippen LogP contribution in [0, 0.1) is 0 Å². The van der Waals surface area contributed by atoms with Gasteiger partial charge in [0.2, 0.25) is 0 Å². The Morgan fingerprint density at radius 3 is 1.00 bits per heavy atom. The fourth-order valence-electron chi connectivity index (χ4n) is 0.929. The van der Waals surface area contributed by atoms with Crippen LogP contribution in [0.1, 0.15) is 0 Å². The Morgan fingerprint density at radius 2 is 0.870 bits per heavy atom. The third kappa shape index (κ3) is 11.1. The van der Waals surface area contributed by atoms with Crippen LogP contribution in [0.2, 0.25) is 0 Å². The molecule has 0 aliphatic carbocycles. The zero-order valence-corrected chi connectivity index (χ0v) is 14.1. The molecular formula is C10H20CaO12. The number of carboxylic acids is 2. The predicted octanol–water partition coefficient (Wildman–Crippen LogP) is -6.09. The quantitative estimate of drug-likeness (QED) is 0.179. The number of hydrogen-bond donors (Lipinski definition) is 10. The van der Waals surface area contributed by atoms with E-state index in [9.17, 15) is 9.59 Å². The Balaban J connectivity index is -0.000000333. The van der Waals surface area contributed by atoms with Gasteiger partial charge in [0, 0.05) is 37.7 Å². The van der Waals surface area contributed by atoms with Crippen molar-refractivity contribution in [3.05, 3.63) is 0 Å². The summed E-state index contributed by atoms with van der Waals surface area (Å²) in [6, 6.07) is 0. The van der Waals surface area contributed by atoms with E-state index >= 15 is 0 Å². The molecule has 23 heavy (non-hydrogen) atoms. The molecule has 0 aliphatic rings. The van der Waals surface area contributed by atoms with Crippen molar-refractivity contribution in [2.45, 2.75) is 36.6 Å². The SMILES string of the molecule is O=C(O)[C@H](O)[C@@H](O)[C@@H](O)CO.O=C(O)[C@H](O)[C@@H](O)[C@@H](O)CO.[Ca]. The van der Waals surface area contributed by atoms with Crippen molar-refractivity contribution < 1.29 is 60.7 Å². The molecule has 0 bridgehead atoms. The van der Waals surface area contributed by atoms with E-state index < -0.39 is 61.8 Å². The molecule has 6 atom stereocenters. The Kier molecular flexibility index (Phi) is 17.2. The Morgan fingerprint density at radius 1 is 0.652 bits per heavy atom. The average molecular weight is 372 g/mol. The first-order valence-electron chi connectivity index (χ1n) is 5.76. The van der Waals surface area contributed by atoms with Gasteiger partial charge in [0.15, 0.2) is 12.2 Å². The van der Waals surface area contributed by atoms with Gasteiger partial charge in [-0.1, -0.05) is 0 Å². The molecule has 13 heteroatoms. The van der Waals surface area contributed by atoms with Gasteiger partial charge in [0.05, 0.1) is 13.2 Å². The second-order valence-electron chi connectivity index (χ2n) is 4.05. The van der Waals surface area contributed by atoms with Gasteiger partial charge in [-0.15, -0.1) is 0 Å². The van der Waals surface area contributed by atoms with Gasteiger partial charge < -0.3 is 51.1 Å². The van der Waals surface area contributed by atoms with Crippen molar-refractivity contribution in [1.82, 2.24) is 0 Å². The summed E-state index contributed by atoms with van der Waals surface area (Å²) in [7, 11) is 0. The Hall–Kier alpha value is -0.120. The summed E-state index contributed by atoms with van der Waals surface area (Å²) < 4.78 is 0. The average Bonchev–Trinajstić information content (AvgIpc) is 2.50. The van der Waals surface area contributed by atoms with Gasteiger partial charge in [0.25, 0.3) is 0 Å². The smallest absolute Gasteiger partial charge is 0.335 e. The van der Waals surface area contributed by atoms with Gasteiger partial charge in [-0.2, -0.15) is 0 Å². The summed E-state index contributed by atoms with van der Waals surface area (Å²) >= 11 is 0. The van der Waals surface area contributed by atoms with E-state index in [1.165, 1.54) is 0 Å². The predicted molar refractivity (Wildman–Crippen MR) is 71.2 cm³/mol. The van der Waals surface area contributed by atoms with Gasteiger partial charge in [-0.25, -0.2) is 9.59 Å². The van der Waals surface area contributed by atoms with Crippen LogP contribution in [-0.2, 0) is 9.59 Å².